The summed E-state index contributed by atoms with van der Waals surface area (Å²) in [5, 5.41) is 3.46. The normalized spacial score (nSPS) is 23.6. The molecule has 0 heterocycles. The Bertz CT molecular complexity index is 311. The minimum absolute atomic E-state index is 0.126. The van der Waals surface area contributed by atoms with E-state index in [1.165, 1.54) is 45.6 Å². The molecule has 0 aromatic heterocycles. The van der Waals surface area contributed by atoms with E-state index in [0.29, 0.717) is 12.1 Å². The maximum absolute atomic E-state index is 12.0. The topological polar surface area (TPSA) is 41.6 Å². The van der Waals surface area contributed by atoms with Crippen LogP contribution in [0, 0.1) is 0 Å². The van der Waals surface area contributed by atoms with E-state index >= 15 is 0 Å². The Morgan fingerprint density at radius 1 is 1.32 bits per heavy atom. The van der Waals surface area contributed by atoms with E-state index in [1.54, 1.807) is 0 Å². The van der Waals surface area contributed by atoms with Gasteiger partial charge in [0.2, 0.25) is 0 Å². The first-order chi connectivity index (χ1) is 9.05. The minimum Gasteiger partial charge on any atom is -0.468 e. The van der Waals surface area contributed by atoms with Crippen molar-refractivity contribution in [1.29, 1.82) is 0 Å². The third-order valence-corrected chi connectivity index (χ3v) is 4.65. The highest BCUT2D eigenvalue weighted by Gasteiger charge is 2.39. The Morgan fingerprint density at radius 3 is 2.47 bits per heavy atom. The molecule has 0 saturated heterocycles. The van der Waals surface area contributed by atoms with Gasteiger partial charge in [0.25, 0.3) is 0 Å². The quantitative estimate of drug-likeness (QED) is 0.716. The highest BCUT2D eigenvalue weighted by atomic mass is 16.5. The van der Waals surface area contributed by atoms with Crippen molar-refractivity contribution in [3.8, 4) is 0 Å². The zero-order valence-electron chi connectivity index (χ0n) is 12.6. The fraction of sp³-hybridized carbons (Fsp3) is 0.933. The number of carbonyl (C=O) groups is 1. The molecule has 0 spiro atoms. The summed E-state index contributed by atoms with van der Waals surface area (Å²) in [6.07, 6.45) is 8.51. The van der Waals surface area contributed by atoms with Gasteiger partial charge in [0.15, 0.2) is 0 Å². The molecule has 2 fully saturated rings. The molecule has 0 aliphatic heterocycles. The van der Waals surface area contributed by atoms with E-state index in [1.807, 2.05) is 6.92 Å². The van der Waals surface area contributed by atoms with E-state index in [0.717, 1.165) is 13.0 Å². The van der Waals surface area contributed by atoms with E-state index in [-0.39, 0.29) is 5.97 Å². The monoisotopic (exact) mass is 268 g/mol. The molecule has 1 unspecified atom stereocenters. The lowest BCUT2D eigenvalue weighted by atomic mass is 9.97. The number of hydrogen-bond donors (Lipinski definition) is 1. The third kappa shape index (κ3) is 3.93. The Balaban J connectivity index is 1.85. The molecule has 4 nitrogen and oxygen atoms in total. The van der Waals surface area contributed by atoms with Crippen molar-refractivity contribution in [2.45, 2.75) is 69.5 Å². The van der Waals surface area contributed by atoms with Crippen molar-refractivity contribution in [1.82, 2.24) is 10.2 Å². The van der Waals surface area contributed by atoms with Gasteiger partial charge in [-0.2, -0.15) is 0 Å². The highest BCUT2D eigenvalue weighted by Crippen LogP contribution is 2.27. The first-order valence-corrected chi connectivity index (χ1v) is 7.61. The Kier molecular flexibility index (Phi) is 4.85. The molecule has 1 atom stereocenters. The van der Waals surface area contributed by atoms with Crippen LogP contribution in [0.25, 0.3) is 0 Å². The van der Waals surface area contributed by atoms with Crippen LogP contribution in [0.15, 0.2) is 0 Å². The van der Waals surface area contributed by atoms with Crippen LogP contribution in [0.4, 0.5) is 0 Å². The predicted octanol–water partition coefficient (Wildman–Crippen LogP) is 1.93. The summed E-state index contributed by atoms with van der Waals surface area (Å²) in [5.41, 5.74) is -0.525. The van der Waals surface area contributed by atoms with Crippen molar-refractivity contribution in [2.24, 2.45) is 0 Å². The Labute approximate surface area is 116 Å². The summed E-state index contributed by atoms with van der Waals surface area (Å²) in [4.78, 5) is 14.4. The molecule has 0 bridgehead atoms. The summed E-state index contributed by atoms with van der Waals surface area (Å²) >= 11 is 0. The summed E-state index contributed by atoms with van der Waals surface area (Å²) < 4.78 is 4.98. The maximum Gasteiger partial charge on any atom is 0.325 e. The molecule has 2 rings (SSSR count). The van der Waals surface area contributed by atoms with Crippen molar-refractivity contribution in [2.75, 3.05) is 20.7 Å². The molecular formula is C15H28N2O2. The summed E-state index contributed by atoms with van der Waals surface area (Å²) in [5.74, 6) is -0.126. The largest absolute Gasteiger partial charge is 0.468 e. The zero-order chi connectivity index (χ0) is 13.9. The number of esters is 1. The molecule has 0 aromatic rings. The molecule has 2 aliphatic carbocycles. The predicted molar refractivity (Wildman–Crippen MR) is 76.1 cm³/mol. The van der Waals surface area contributed by atoms with Crippen molar-refractivity contribution < 1.29 is 9.53 Å². The van der Waals surface area contributed by atoms with Crippen LogP contribution < -0.4 is 5.32 Å². The number of nitrogens with one attached hydrogen (secondary N) is 1. The number of carbonyl (C=O) groups excluding carboxylic acids is 1. The summed E-state index contributed by atoms with van der Waals surface area (Å²) in [6.45, 7) is 2.94. The van der Waals surface area contributed by atoms with E-state index in [4.69, 9.17) is 4.74 Å². The minimum atomic E-state index is -0.525. The van der Waals surface area contributed by atoms with Crippen LogP contribution >= 0.6 is 0 Å². The zero-order valence-corrected chi connectivity index (χ0v) is 12.6. The van der Waals surface area contributed by atoms with Crippen LogP contribution in [-0.2, 0) is 9.53 Å². The molecule has 2 saturated carbocycles. The molecule has 1 N–H and O–H groups in total. The number of ether oxygens (including phenoxy) is 1. The first-order valence-electron chi connectivity index (χ1n) is 7.61. The lowest BCUT2D eigenvalue weighted by Gasteiger charge is -2.32. The number of methoxy groups -OCH3 is 1. The van der Waals surface area contributed by atoms with Gasteiger partial charge in [-0.25, -0.2) is 0 Å². The van der Waals surface area contributed by atoms with E-state index in [2.05, 4.69) is 17.3 Å². The average Bonchev–Trinajstić information content (AvgIpc) is 3.04. The summed E-state index contributed by atoms with van der Waals surface area (Å²) in [7, 11) is 3.67. The van der Waals surface area contributed by atoms with Gasteiger partial charge in [-0.1, -0.05) is 12.8 Å². The fourth-order valence-corrected chi connectivity index (χ4v) is 3.06. The highest BCUT2D eigenvalue weighted by molar-refractivity contribution is 5.80. The average molecular weight is 268 g/mol. The second-order valence-corrected chi connectivity index (χ2v) is 6.41. The second kappa shape index (κ2) is 6.23. The summed E-state index contributed by atoms with van der Waals surface area (Å²) in [6, 6.07) is 1.23. The second-order valence-electron chi connectivity index (χ2n) is 6.41. The van der Waals surface area contributed by atoms with Gasteiger partial charge in [0, 0.05) is 18.6 Å². The van der Waals surface area contributed by atoms with Crippen LogP contribution in [0.3, 0.4) is 0 Å². The smallest absolute Gasteiger partial charge is 0.325 e. The standard InChI is InChI=1S/C15H28N2O2/c1-15(14(18)19-3,16-12-8-9-12)10-11-17(2)13-6-4-5-7-13/h12-13,16H,4-11H2,1-3H3. The first kappa shape index (κ1) is 14.8. The Hall–Kier alpha value is -0.610. The molecule has 0 amide bonds. The van der Waals surface area contributed by atoms with Crippen LogP contribution in [0.1, 0.15) is 51.9 Å². The van der Waals surface area contributed by atoms with E-state index < -0.39 is 5.54 Å². The van der Waals surface area contributed by atoms with Crippen molar-refractivity contribution >= 4 is 5.97 Å². The molecule has 0 aromatic carbocycles. The molecule has 2 aliphatic rings. The molecular weight excluding hydrogens is 240 g/mol. The molecule has 110 valence electrons. The number of rotatable bonds is 7. The van der Waals surface area contributed by atoms with Gasteiger partial charge >= 0.3 is 5.97 Å². The van der Waals surface area contributed by atoms with Gasteiger partial charge in [-0.15, -0.1) is 0 Å². The van der Waals surface area contributed by atoms with Gasteiger partial charge in [-0.3, -0.25) is 10.1 Å². The Morgan fingerprint density at radius 2 is 1.95 bits per heavy atom. The maximum atomic E-state index is 12.0. The number of nitrogens with zero attached hydrogens (tertiary/aromatic N) is 1. The van der Waals surface area contributed by atoms with E-state index in [9.17, 15) is 4.79 Å². The molecule has 19 heavy (non-hydrogen) atoms. The van der Waals surface area contributed by atoms with Crippen LogP contribution in [0.2, 0.25) is 0 Å². The van der Waals surface area contributed by atoms with Crippen molar-refractivity contribution in [3.63, 3.8) is 0 Å². The third-order valence-electron chi connectivity index (χ3n) is 4.65. The van der Waals surface area contributed by atoms with Crippen molar-refractivity contribution in [3.05, 3.63) is 0 Å². The van der Waals surface area contributed by atoms with Gasteiger partial charge in [0.1, 0.15) is 5.54 Å². The fourth-order valence-electron chi connectivity index (χ4n) is 3.06. The van der Waals surface area contributed by atoms with Crippen LogP contribution in [0.5, 0.6) is 0 Å². The number of hydrogen-bond acceptors (Lipinski definition) is 4. The SMILES string of the molecule is COC(=O)C(C)(CCN(C)C1CCCC1)NC1CC1. The lowest BCUT2D eigenvalue weighted by Crippen LogP contribution is -2.53. The van der Waals surface area contributed by atoms with Gasteiger partial charge in [0.05, 0.1) is 7.11 Å². The van der Waals surface area contributed by atoms with Gasteiger partial charge < -0.3 is 9.64 Å². The van der Waals surface area contributed by atoms with Crippen LogP contribution in [-0.4, -0.2) is 49.2 Å². The molecule has 0 radical (unpaired) electrons. The lowest BCUT2D eigenvalue weighted by molar-refractivity contribution is -0.148. The molecule has 4 heteroatoms. The van der Waals surface area contributed by atoms with Gasteiger partial charge in [-0.05, 0) is 46.1 Å².